The van der Waals surface area contributed by atoms with Crippen molar-refractivity contribution < 1.29 is 9.59 Å². The molecule has 3 nitrogen and oxygen atoms in total. The van der Waals surface area contributed by atoms with Gasteiger partial charge >= 0.3 is 0 Å². The van der Waals surface area contributed by atoms with Crippen molar-refractivity contribution in [1.82, 2.24) is 5.32 Å². The van der Waals surface area contributed by atoms with E-state index in [1.165, 1.54) is 5.56 Å². The first kappa shape index (κ1) is 16.2. The van der Waals surface area contributed by atoms with E-state index in [1.807, 2.05) is 25.1 Å². The SMILES string of the molecule is Cc1cccc(CCNC(=O)C(=O)Cc2ccc(Cl)cc2)c1. The number of ketones is 1. The van der Waals surface area contributed by atoms with Crippen molar-refractivity contribution in [2.75, 3.05) is 6.54 Å². The van der Waals surface area contributed by atoms with E-state index in [1.54, 1.807) is 24.3 Å². The number of carbonyl (C=O) groups is 2. The van der Waals surface area contributed by atoms with E-state index in [9.17, 15) is 9.59 Å². The third-order valence-corrected chi connectivity index (χ3v) is 3.56. The first-order valence-electron chi connectivity index (χ1n) is 7.15. The molecule has 2 rings (SSSR count). The molecule has 0 heterocycles. The Morgan fingerprint density at radius 3 is 2.45 bits per heavy atom. The first-order chi connectivity index (χ1) is 10.5. The molecule has 114 valence electrons. The number of aryl methyl sites for hydroxylation is 1. The molecule has 22 heavy (non-hydrogen) atoms. The molecule has 0 aliphatic carbocycles. The van der Waals surface area contributed by atoms with Crippen LogP contribution in [0, 0.1) is 6.92 Å². The summed E-state index contributed by atoms with van der Waals surface area (Å²) < 4.78 is 0. The van der Waals surface area contributed by atoms with Gasteiger partial charge in [0, 0.05) is 18.0 Å². The fourth-order valence-electron chi connectivity index (χ4n) is 2.15. The summed E-state index contributed by atoms with van der Waals surface area (Å²) in [5, 5.41) is 3.28. The maximum Gasteiger partial charge on any atom is 0.287 e. The van der Waals surface area contributed by atoms with Gasteiger partial charge in [0.1, 0.15) is 0 Å². The molecule has 2 aromatic rings. The fraction of sp³-hybridized carbons (Fsp3) is 0.222. The maximum atomic E-state index is 11.8. The van der Waals surface area contributed by atoms with E-state index in [-0.39, 0.29) is 6.42 Å². The van der Waals surface area contributed by atoms with Gasteiger partial charge in [-0.15, -0.1) is 0 Å². The molecule has 0 aromatic heterocycles. The largest absolute Gasteiger partial charge is 0.349 e. The number of benzene rings is 2. The molecule has 1 N–H and O–H groups in total. The number of carbonyl (C=O) groups excluding carboxylic acids is 2. The summed E-state index contributed by atoms with van der Waals surface area (Å²) in [6, 6.07) is 15.0. The van der Waals surface area contributed by atoms with Crippen LogP contribution in [0.25, 0.3) is 0 Å². The lowest BCUT2D eigenvalue weighted by molar-refractivity contribution is -0.137. The molecule has 0 radical (unpaired) electrons. The van der Waals surface area contributed by atoms with Gasteiger partial charge in [0.25, 0.3) is 5.91 Å². The van der Waals surface area contributed by atoms with E-state index in [0.29, 0.717) is 18.0 Å². The molecule has 1 amide bonds. The first-order valence-corrected chi connectivity index (χ1v) is 7.53. The fourth-order valence-corrected chi connectivity index (χ4v) is 2.28. The van der Waals surface area contributed by atoms with Crippen LogP contribution >= 0.6 is 11.6 Å². The highest BCUT2D eigenvalue weighted by Gasteiger charge is 2.13. The Morgan fingerprint density at radius 1 is 1.05 bits per heavy atom. The molecule has 0 unspecified atom stereocenters. The molecule has 0 spiro atoms. The molecular weight excluding hydrogens is 298 g/mol. The van der Waals surface area contributed by atoms with Crippen LogP contribution in [0.5, 0.6) is 0 Å². The summed E-state index contributed by atoms with van der Waals surface area (Å²) >= 11 is 5.78. The maximum absolute atomic E-state index is 11.8. The Bertz CT molecular complexity index is 665. The van der Waals surface area contributed by atoms with Crippen molar-refractivity contribution in [2.24, 2.45) is 0 Å². The second kappa shape index (κ2) is 7.76. The minimum atomic E-state index is -0.539. The van der Waals surface area contributed by atoms with E-state index < -0.39 is 11.7 Å². The van der Waals surface area contributed by atoms with Crippen LogP contribution in [0.2, 0.25) is 5.02 Å². The monoisotopic (exact) mass is 315 g/mol. The summed E-state index contributed by atoms with van der Waals surface area (Å²) in [4.78, 5) is 23.6. The average molecular weight is 316 g/mol. The lowest BCUT2D eigenvalue weighted by atomic mass is 10.1. The Labute approximate surface area is 135 Å². The second-order valence-corrected chi connectivity index (χ2v) is 5.66. The van der Waals surface area contributed by atoms with Crippen molar-refractivity contribution >= 4 is 23.3 Å². The second-order valence-electron chi connectivity index (χ2n) is 5.22. The molecule has 0 fully saturated rings. The quantitative estimate of drug-likeness (QED) is 0.833. The van der Waals surface area contributed by atoms with Crippen LogP contribution in [0.15, 0.2) is 48.5 Å². The van der Waals surface area contributed by atoms with Gasteiger partial charge in [0.15, 0.2) is 0 Å². The number of halogens is 1. The third-order valence-electron chi connectivity index (χ3n) is 3.31. The van der Waals surface area contributed by atoms with Crippen LogP contribution in [0.4, 0.5) is 0 Å². The van der Waals surface area contributed by atoms with Gasteiger partial charge in [-0.05, 0) is 36.6 Å². The highest BCUT2D eigenvalue weighted by molar-refractivity contribution is 6.36. The standard InChI is InChI=1S/C18H18ClNO2/c1-13-3-2-4-14(11-13)9-10-20-18(22)17(21)12-15-5-7-16(19)8-6-15/h2-8,11H,9-10,12H2,1H3,(H,20,22). The molecule has 0 saturated heterocycles. The summed E-state index contributed by atoms with van der Waals surface area (Å²) in [6.07, 6.45) is 0.801. The number of rotatable bonds is 6. The van der Waals surface area contributed by atoms with Crippen LogP contribution in [-0.4, -0.2) is 18.2 Å². The van der Waals surface area contributed by atoms with Crippen molar-refractivity contribution in [3.63, 3.8) is 0 Å². The van der Waals surface area contributed by atoms with Gasteiger partial charge in [0.05, 0.1) is 0 Å². The van der Waals surface area contributed by atoms with Gasteiger partial charge in [-0.2, -0.15) is 0 Å². The van der Waals surface area contributed by atoms with E-state index in [4.69, 9.17) is 11.6 Å². The zero-order valence-corrected chi connectivity index (χ0v) is 13.2. The van der Waals surface area contributed by atoms with Crippen LogP contribution < -0.4 is 5.32 Å². The van der Waals surface area contributed by atoms with Crippen LogP contribution in [0.3, 0.4) is 0 Å². The lowest BCUT2D eigenvalue weighted by Gasteiger charge is -2.06. The molecule has 0 bridgehead atoms. The van der Waals surface area contributed by atoms with Gasteiger partial charge in [-0.1, -0.05) is 53.6 Å². The number of hydrogen-bond acceptors (Lipinski definition) is 2. The Kier molecular flexibility index (Phi) is 5.73. The predicted molar refractivity (Wildman–Crippen MR) is 88.1 cm³/mol. The minimum absolute atomic E-state index is 0.0907. The Balaban J connectivity index is 1.79. The minimum Gasteiger partial charge on any atom is -0.349 e. The molecule has 0 aliphatic rings. The smallest absolute Gasteiger partial charge is 0.287 e. The Hall–Kier alpha value is -2.13. The van der Waals surface area contributed by atoms with Gasteiger partial charge < -0.3 is 5.32 Å². The predicted octanol–water partition coefficient (Wildman–Crippen LogP) is 3.12. The number of Topliss-reactive ketones (excluding diaryl/α,β-unsaturated/α-hetero) is 1. The number of nitrogens with one attached hydrogen (secondary N) is 1. The molecule has 0 aliphatic heterocycles. The zero-order valence-electron chi connectivity index (χ0n) is 12.4. The highest BCUT2D eigenvalue weighted by atomic mass is 35.5. The lowest BCUT2D eigenvalue weighted by Crippen LogP contribution is -2.33. The van der Waals surface area contributed by atoms with Crippen LogP contribution in [0.1, 0.15) is 16.7 Å². The van der Waals surface area contributed by atoms with Crippen molar-refractivity contribution in [2.45, 2.75) is 19.8 Å². The topological polar surface area (TPSA) is 46.2 Å². The van der Waals surface area contributed by atoms with Crippen LogP contribution in [-0.2, 0) is 22.4 Å². The summed E-state index contributed by atoms with van der Waals surface area (Å²) in [5.74, 6) is -0.978. The Morgan fingerprint density at radius 2 is 1.77 bits per heavy atom. The average Bonchev–Trinajstić information content (AvgIpc) is 2.49. The summed E-state index contributed by atoms with van der Waals surface area (Å²) in [6.45, 7) is 2.48. The van der Waals surface area contributed by atoms with Crippen molar-refractivity contribution in [1.29, 1.82) is 0 Å². The van der Waals surface area contributed by atoms with Crippen molar-refractivity contribution in [3.8, 4) is 0 Å². The van der Waals surface area contributed by atoms with E-state index in [2.05, 4.69) is 11.4 Å². The van der Waals surface area contributed by atoms with Gasteiger partial charge in [-0.25, -0.2) is 0 Å². The molecular formula is C18H18ClNO2. The molecule has 0 atom stereocenters. The van der Waals surface area contributed by atoms with Gasteiger partial charge in [-0.3, -0.25) is 9.59 Å². The normalized spacial score (nSPS) is 10.3. The third kappa shape index (κ3) is 5.01. The number of amides is 1. The zero-order chi connectivity index (χ0) is 15.9. The van der Waals surface area contributed by atoms with Crippen molar-refractivity contribution in [3.05, 3.63) is 70.2 Å². The summed E-state index contributed by atoms with van der Waals surface area (Å²) in [7, 11) is 0. The molecule has 0 saturated carbocycles. The number of hydrogen-bond donors (Lipinski definition) is 1. The highest BCUT2D eigenvalue weighted by Crippen LogP contribution is 2.10. The van der Waals surface area contributed by atoms with E-state index in [0.717, 1.165) is 11.1 Å². The van der Waals surface area contributed by atoms with E-state index >= 15 is 0 Å². The summed E-state index contributed by atoms with van der Waals surface area (Å²) in [5.41, 5.74) is 3.11. The van der Waals surface area contributed by atoms with Gasteiger partial charge in [0.2, 0.25) is 5.78 Å². The molecule has 2 aromatic carbocycles. The molecule has 4 heteroatoms.